The van der Waals surface area contributed by atoms with Crippen LogP contribution in [-0.4, -0.2) is 32.1 Å². The van der Waals surface area contributed by atoms with Crippen molar-refractivity contribution in [1.82, 2.24) is 0 Å². The van der Waals surface area contributed by atoms with Crippen LogP contribution < -0.4 is 10.3 Å². The van der Waals surface area contributed by atoms with Gasteiger partial charge in [0, 0.05) is 18.6 Å². The summed E-state index contributed by atoms with van der Waals surface area (Å²) in [7, 11) is -3.60. The third-order valence-corrected chi connectivity index (χ3v) is 5.62. The molecular weight excluding hydrogens is 372 g/mol. The quantitative estimate of drug-likeness (QED) is 0.279. The molecule has 0 atom stereocenters. The highest BCUT2D eigenvalue weighted by Crippen LogP contribution is 2.37. The van der Waals surface area contributed by atoms with Crippen LogP contribution in [0.25, 0.3) is 5.69 Å². The Hall–Kier alpha value is -1.46. The molecule has 7 nitrogen and oxygen atoms in total. The number of aryl methyl sites for hydroxylation is 1. The minimum Gasteiger partial charge on any atom is -0.726 e. The van der Waals surface area contributed by atoms with Gasteiger partial charge in [0.05, 0.1) is 7.11 Å². The first-order valence-corrected chi connectivity index (χ1v) is 9.95. The van der Waals surface area contributed by atoms with E-state index in [0.29, 0.717) is 10.6 Å². The number of pyridine rings is 1. The van der Waals surface area contributed by atoms with E-state index in [-0.39, 0.29) is 5.78 Å². The first kappa shape index (κ1) is 20.6. The summed E-state index contributed by atoms with van der Waals surface area (Å²) < 4.78 is 34.1. The minimum absolute atomic E-state index is 0.0207. The van der Waals surface area contributed by atoms with E-state index in [0.717, 1.165) is 22.6 Å². The summed E-state index contributed by atoms with van der Waals surface area (Å²) in [6.07, 6.45) is 5.96. The molecule has 2 rings (SSSR count). The van der Waals surface area contributed by atoms with Crippen molar-refractivity contribution in [2.75, 3.05) is 19.1 Å². The van der Waals surface area contributed by atoms with Gasteiger partial charge in [-0.1, -0.05) is 0 Å². The predicted molar refractivity (Wildman–Crippen MR) is 93.5 cm³/mol. The van der Waals surface area contributed by atoms with E-state index in [2.05, 4.69) is 4.18 Å². The molecule has 0 unspecified atom stereocenters. The highest BCUT2D eigenvalue weighted by atomic mass is 32.3. The van der Waals surface area contributed by atoms with E-state index in [1.54, 1.807) is 18.7 Å². The lowest BCUT2D eigenvalue weighted by Gasteiger charge is -1.98. The van der Waals surface area contributed by atoms with Gasteiger partial charge in [-0.3, -0.25) is 8.98 Å². The Balaban J connectivity index is 0.000000413. The number of anilines is 1. The predicted octanol–water partition coefficient (Wildman–Crippen LogP) is 1.93. The summed E-state index contributed by atoms with van der Waals surface area (Å²) in [5, 5.41) is 0. The number of thiophene rings is 1. The van der Waals surface area contributed by atoms with Crippen LogP contribution >= 0.6 is 23.1 Å². The van der Waals surface area contributed by atoms with E-state index in [9.17, 15) is 17.8 Å². The molecule has 10 heteroatoms. The van der Waals surface area contributed by atoms with Crippen LogP contribution in [0.15, 0.2) is 28.7 Å². The number of thioether (sulfide) groups is 1. The molecule has 0 aliphatic rings. The standard InChI is InChI=1S/C13H14N2OS2.CH4O4S/c1-8-5-4-6-15(7-8)11-10(14)12(9(2)16)18-13(11)17-3;1-5-6(2,3)4/h4-7H,1-3H3,(H-,14,16);1H3,(H,2,3,4). The normalized spacial score (nSPS) is 10.9. The van der Waals surface area contributed by atoms with Gasteiger partial charge < -0.3 is 10.3 Å². The molecule has 132 valence electrons. The number of ketones is 1. The van der Waals surface area contributed by atoms with Gasteiger partial charge in [-0.2, -0.15) is 4.57 Å². The first-order chi connectivity index (χ1) is 11.1. The number of nitrogens with zero attached hydrogens (tertiary/aromatic N) is 1. The number of carbonyl (C=O) groups excluding carboxylic acids is 1. The second kappa shape index (κ2) is 8.58. The average Bonchev–Trinajstić information content (AvgIpc) is 2.84. The number of nitrogens with two attached hydrogens (primary N) is 1. The summed E-state index contributed by atoms with van der Waals surface area (Å²) in [4.78, 5) is 12.2. The number of hydrogen-bond acceptors (Lipinski definition) is 8. The molecule has 0 aromatic carbocycles. The molecule has 0 aliphatic heterocycles. The molecule has 24 heavy (non-hydrogen) atoms. The first-order valence-electron chi connectivity index (χ1n) is 6.57. The maximum absolute atomic E-state index is 11.6. The van der Waals surface area contributed by atoms with Crippen molar-refractivity contribution >= 4 is 45.0 Å². The maximum atomic E-state index is 11.6. The van der Waals surface area contributed by atoms with Crippen LogP contribution in [0.4, 0.5) is 5.69 Å². The van der Waals surface area contributed by atoms with Crippen molar-refractivity contribution in [3.63, 3.8) is 0 Å². The average molecular weight is 391 g/mol. The Morgan fingerprint density at radius 1 is 1.46 bits per heavy atom. The zero-order valence-corrected chi connectivity index (χ0v) is 16.0. The molecule has 0 saturated heterocycles. The molecule has 0 aliphatic carbocycles. The number of hydrogen-bond donors (Lipinski definition) is 1. The Labute approximate surface area is 149 Å². The molecule has 0 amide bonds. The fourth-order valence-electron chi connectivity index (χ4n) is 1.79. The van der Waals surface area contributed by atoms with E-state index in [1.165, 1.54) is 11.3 Å². The summed E-state index contributed by atoms with van der Waals surface area (Å²) in [5.74, 6) is 0.0207. The van der Waals surface area contributed by atoms with Crippen molar-refractivity contribution in [2.45, 2.75) is 18.1 Å². The van der Waals surface area contributed by atoms with Gasteiger partial charge in [-0.15, -0.1) is 23.1 Å². The lowest BCUT2D eigenvalue weighted by molar-refractivity contribution is -0.597. The van der Waals surface area contributed by atoms with Crippen molar-refractivity contribution < 1.29 is 26.5 Å². The van der Waals surface area contributed by atoms with Gasteiger partial charge in [0.2, 0.25) is 10.4 Å². The van der Waals surface area contributed by atoms with E-state index >= 15 is 0 Å². The van der Waals surface area contributed by atoms with Crippen molar-refractivity contribution in [1.29, 1.82) is 0 Å². The third kappa shape index (κ3) is 5.56. The third-order valence-electron chi connectivity index (χ3n) is 2.80. The number of carbonyl (C=O) groups is 1. The number of Topliss-reactive ketones (excluding diaryl/α,β-unsaturated/α-hetero) is 1. The van der Waals surface area contributed by atoms with Crippen molar-refractivity contribution in [3.8, 4) is 5.69 Å². The zero-order chi connectivity index (χ0) is 18.5. The minimum atomic E-state index is -4.41. The lowest BCUT2D eigenvalue weighted by Crippen LogP contribution is -2.31. The smallest absolute Gasteiger partial charge is 0.259 e. The van der Waals surface area contributed by atoms with Gasteiger partial charge in [-0.05, 0) is 19.2 Å². The summed E-state index contributed by atoms with van der Waals surface area (Å²) >= 11 is 3.08. The van der Waals surface area contributed by atoms with Crippen LogP contribution in [0.1, 0.15) is 22.2 Å². The van der Waals surface area contributed by atoms with Gasteiger partial charge in [0.1, 0.15) is 14.8 Å². The Bertz CT molecular complexity index is 831. The van der Waals surface area contributed by atoms with Crippen molar-refractivity contribution in [3.05, 3.63) is 35.0 Å². The number of rotatable bonds is 4. The van der Waals surface area contributed by atoms with Gasteiger partial charge >= 0.3 is 0 Å². The topological polar surface area (TPSA) is 113 Å². The second-order valence-electron chi connectivity index (χ2n) is 4.60. The van der Waals surface area contributed by atoms with Gasteiger partial charge in [0.15, 0.2) is 18.2 Å². The van der Waals surface area contributed by atoms with Crippen LogP contribution in [-0.2, 0) is 14.6 Å². The van der Waals surface area contributed by atoms with Gasteiger partial charge in [0.25, 0.3) is 5.69 Å². The molecule has 2 aromatic rings. The number of nitrogen functional groups attached to an aromatic ring is 1. The fraction of sp³-hybridized carbons (Fsp3) is 0.286. The molecule has 0 spiro atoms. The molecule has 2 aromatic heterocycles. The highest BCUT2D eigenvalue weighted by molar-refractivity contribution is 8.00. The van der Waals surface area contributed by atoms with Gasteiger partial charge in [-0.25, -0.2) is 8.42 Å². The lowest BCUT2D eigenvalue weighted by atomic mass is 10.2. The van der Waals surface area contributed by atoms with E-state index < -0.39 is 10.4 Å². The molecule has 0 bridgehead atoms. The summed E-state index contributed by atoms with van der Waals surface area (Å²) in [6, 6.07) is 4.01. The maximum Gasteiger partial charge on any atom is 0.259 e. The molecule has 0 saturated carbocycles. The molecular formula is C14H18N2O5S3. The second-order valence-corrected chi connectivity index (χ2v) is 7.85. The van der Waals surface area contributed by atoms with Crippen LogP contribution in [0.2, 0.25) is 0 Å². The highest BCUT2D eigenvalue weighted by Gasteiger charge is 2.25. The Kier molecular flexibility index (Phi) is 7.36. The van der Waals surface area contributed by atoms with Crippen LogP contribution in [0.3, 0.4) is 0 Å². The molecule has 0 fully saturated rings. The largest absolute Gasteiger partial charge is 0.726 e. The van der Waals surface area contributed by atoms with Crippen LogP contribution in [0.5, 0.6) is 0 Å². The van der Waals surface area contributed by atoms with Crippen LogP contribution in [0, 0.1) is 6.92 Å². The van der Waals surface area contributed by atoms with E-state index in [4.69, 9.17) is 5.73 Å². The monoisotopic (exact) mass is 390 g/mol. The zero-order valence-electron chi connectivity index (χ0n) is 13.6. The van der Waals surface area contributed by atoms with Crippen molar-refractivity contribution in [2.24, 2.45) is 0 Å². The fourth-order valence-corrected chi connectivity index (χ4v) is 3.63. The summed E-state index contributed by atoms with van der Waals surface area (Å²) in [6.45, 7) is 3.58. The summed E-state index contributed by atoms with van der Waals surface area (Å²) in [5.41, 5.74) is 8.76. The Morgan fingerprint density at radius 3 is 2.46 bits per heavy atom. The molecule has 2 N–H and O–H groups in total. The molecule has 0 radical (unpaired) electrons. The SMILES string of the molecule is COS(=O)(=O)[O-].CSc1sc(C(C)=O)c(N)c1-[n+]1cccc(C)c1. The van der Waals surface area contributed by atoms with E-state index in [1.807, 2.05) is 42.3 Å². The molecule has 2 heterocycles. The Morgan fingerprint density at radius 2 is 2.04 bits per heavy atom. The number of aromatic nitrogens is 1.